The smallest absolute Gasteiger partial charge is 0.262 e. The van der Waals surface area contributed by atoms with Crippen LogP contribution < -0.4 is 15.8 Å². The van der Waals surface area contributed by atoms with E-state index in [1.807, 2.05) is 43.3 Å². The summed E-state index contributed by atoms with van der Waals surface area (Å²) in [5.41, 5.74) is 2.73. The molecule has 1 aromatic heterocycles. The van der Waals surface area contributed by atoms with Gasteiger partial charge in [-0.1, -0.05) is 49.0 Å². The highest BCUT2D eigenvalue weighted by atomic mass is 32.2. The van der Waals surface area contributed by atoms with Crippen LogP contribution >= 0.6 is 11.8 Å². The fraction of sp³-hybridized carbons (Fsp3) is 0.464. The van der Waals surface area contributed by atoms with E-state index in [0.717, 1.165) is 30.8 Å². The Kier molecular flexibility index (Phi) is 9.99. The molecule has 8 nitrogen and oxygen atoms in total. The first-order valence-electron chi connectivity index (χ1n) is 12.9. The zero-order valence-corrected chi connectivity index (χ0v) is 22.5. The molecule has 1 N–H and O–H groups in total. The van der Waals surface area contributed by atoms with Gasteiger partial charge in [-0.05, 0) is 43.0 Å². The van der Waals surface area contributed by atoms with Crippen LogP contribution in [0.4, 0.5) is 5.69 Å². The van der Waals surface area contributed by atoms with E-state index in [0.29, 0.717) is 61.8 Å². The van der Waals surface area contributed by atoms with Crippen molar-refractivity contribution in [1.82, 2.24) is 14.9 Å². The van der Waals surface area contributed by atoms with Gasteiger partial charge in [-0.25, -0.2) is 4.98 Å². The van der Waals surface area contributed by atoms with Crippen molar-refractivity contribution in [2.24, 2.45) is 0 Å². The summed E-state index contributed by atoms with van der Waals surface area (Å²) in [6, 6.07) is 16.0. The quantitative estimate of drug-likeness (QED) is 0.221. The lowest BCUT2D eigenvalue weighted by molar-refractivity contribution is -0.120. The van der Waals surface area contributed by atoms with E-state index in [1.165, 1.54) is 11.8 Å². The van der Waals surface area contributed by atoms with Crippen LogP contribution in [0.25, 0.3) is 10.9 Å². The largest absolute Gasteiger partial charge is 0.385 e. The minimum atomic E-state index is -0.345. The molecule has 2 heterocycles. The number of nitrogens with one attached hydrogen (secondary N) is 1. The second-order valence-corrected chi connectivity index (χ2v) is 10.2. The molecule has 1 amide bonds. The molecule has 1 fully saturated rings. The molecular weight excluding hydrogens is 488 g/mol. The lowest BCUT2D eigenvalue weighted by Gasteiger charge is -2.29. The van der Waals surface area contributed by atoms with Crippen molar-refractivity contribution < 1.29 is 14.3 Å². The minimum absolute atomic E-state index is 0.0461. The number of hydrogen-bond donors (Lipinski definition) is 1. The molecule has 9 heteroatoms. The van der Waals surface area contributed by atoms with Crippen molar-refractivity contribution in [3.8, 4) is 0 Å². The Morgan fingerprint density at radius 2 is 1.97 bits per heavy atom. The summed E-state index contributed by atoms with van der Waals surface area (Å²) in [6.07, 6.45) is 2.08. The first-order valence-corrected chi connectivity index (χ1v) is 13.8. The number of aromatic nitrogens is 2. The topological polar surface area (TPSA) is 85.7 Å². The normalized spacial score (nSPS) is 14.6. The van der Waals surface area contributed by atoms with E-state index < -0.39 is 0 Å². The summed E-state index contributed by atoms with van der Waals surface area (Å²) < 4.78 is 12.3. The van der Waals surface area contributed by atoms with Gasteiger partial charge >= 0.3 is 0 Å². The number of rotatable bonds is 12. The maximum absolute atomic E-state index is 13.8. The van der Waals surface area contributed by atoms with Gasteiger partial charge in [-0.2, -0.15) is 0 Å². The van der Waals surface area contributed by atoms with Crippen LogP contribution in [-0.4, -0.2) is 67.3 Å². The Morgan fingerprint density at radius 1 is 1.19 bits per heavy atom. The molecule has 1 atom stereocenters. The number of carbonyl (C=O) groups excluding carboxylic acids is 1. The molecule has 0 saturated carbocycles. The number of carbonyl (C=O) groups is 1. The van der Waals surface area contributed by atoms with Crippen molar-refractivity contribution in [1.29, 1.82) is 0 Å². The molecule has 1 aliphatic heterocycles. The number of thioether (sulfide) groups is 1. The summed E-state index contributed by atoms with van der Waals surface area (Å²) in [7, 11) is 1.65. The lowest BCUT2D eigenvalue weighted by atomic mass is 10.1. The Hall–Kier alpha value is -2.88. The second-order valence-electron chi connectivity index (χ2n) is 9.04. The molecule has 0 radical (unpaired) electrons. The molecule has 37 heavy (non-hydrogen) atoms. The highest BCUT2D eigenvalue weighted by Crippen LogP contribution is 2.27. The van der Waals surface area contributed by atoms with Gasteiger partial charge in [0.15, 0.2) is 5.16 Å². The number of benzene rings is 2. The number of amides is 1. The molecule has 0 bridgehead atoms. The van der Waals surface area contributed by atoms with Gasteiger partial charge in [0.2, 0.25) is 5.91 Å². The Labute approximate surface area is 222 Å². The van der Waals surface area contributed by atoms with Gasteiger partial charge < -0.3 is 19.7 Å². The van der Waals surface area contributed by atoms with E-state index in [2.05, 4.69) is 22.3 Å². The monoisotopic (exact) mass is 524 g/mol. The van der Waals surface area contributed by atoms with Crippen LogP contribution in [0.3, 0.4) is 0 Å². The number of aryl methyl sites for hydroxylation is 1. The second kappa shape index (κ2) is 13.6. The van der Waals surface area contributed by atoms with Crippen molar-refractivity contribution >= 4 is 34.3 Å². The molecule has 1 unspecified atom stereocenters. The van der Waals surface area contributed by atoms with Crippen LogP contribution in [0.2, 0.25) is 0 Å². The van der Waals surface area contributed by atoms with Crippen LogP contribution in [0.15, 0.2) is 58.5 Å². The molecule has 198 valence electrons. The van der Waals surface area contributed by atoms with Crippen molar-refractivity contribution in [2.45, 2.75) is 43.1 Å². The van der Waals surface area contributed by atoms with E-state index in [9.17, 15) is 9.59 Å². The molecule has 1 saturated heterocycles. The predicted octanol–water partition coefficient (Wildman–Crippen LogP) is 3.50. The van der Waals surface area contributed by atoms with Crippen molar-refractivity contribution in [2.75, 3.05) is 51.5 Å². The number of ether oxygens (including phenoxy) is 2. The zero-order valence-electron chi connectivity index (χ0n) is 21.7. The lowest BCUT2D eigenvalue weighted by Crippen LogP contribution is -2.36. The number of methoxy groups -OCH3 is 1. The van der Waals surface area contributed by atoms with Crippen LogP contribution in [-0.2, 0) is 27.2 Å². The average Bonchev–Trinajstić information content (AvgIpc) is 2.94. The summed E-state index contributed by atoms with van der Waals surface area (Å²) in [5.74, 6) is -0.0461. The van der Waals surface area contributed by atoms with Gasteiger partial charge in [0.05, 0.1) is 29.4 Å². The molecule has 1 aliphatic rings. The first-order chi connectivity index (χ1) is 18.1. The zero-order chi connectivity index (χ0) is 26.0. The molecule has 0 aliphatic carbocycles. The number of hydrogen-bond acceptors (Lipinski definition) is 7. The standard InChI is InChI=1S/C28H36N4O4S/c1-3-25(26(33)29-13-7-17-35-2)37-28-30-24-11-10-22(31-15-18-36-19-16-31)20-23(24)27(34)32(28)14-12-21-8-5-4-6-9-21/h4-6,8-11,20,25H,3,7,12-19H2,1-2H3,(H,29,33). The fourth-order valence-corrected chi connectivity index (χ4v) is 5.43. The highest BCUT2D eigenvalue weighted by molar-refractivity contribution is 8.00. The third-order valence-corrected chi connectivity index (χ3v) is 7.84. The van der Waals surface area contributed by atoms with E-state index >= 15 is 0 Å². The third kappa shape index (κ3) is 7.12. The number of anilines is 1. The van der Waals surface area contributed by atoms with Gasteiger partial charge in [-0.15, -0.1) is 0 Å². The Bertz CT molecular complexity index is 1230. The predicted molar refractivity (Wildman–Crippen MR) is 149 cm³/mol. The molecule has 2 aromatic carbocycles. The van der Waals surface area contributed by atoms with Gasteiger partial charge in [0.1, 0.15) is 0 Å². The molecule has 3 aromatic rings. The number of nitrogens with zero attached hydrogens (tertiary/aromatic N) is 3. The number of morpholine rings is 1. The van der Waals surface area contributed by atoms with E-state index in [-0.39, 0.29) is 16.7 Å². The van der Waals surface area contributed by atoms with Gasteiger partial charge in [0, 0.05) is 45.6 Å². The van der Waals surface area contributed by atoms with E-state index in [4.69, 9.17) is 14.5 Å². The van der Waals surface area contributed by atoms with Crippen LogP contribution in [0, 0.1) is 0 Å². The SMILES string of the molecule is CCC(Sc1nc2ccc(N3CCOCC3)cc2c(=O)n1CCc1ccccc1)C(=O)NCCCOC. The van der Waals surface area contributed by atoms with Gasteiger partial charge in [-0.3, -0.25) is 14.2 Å². The highest BCUT2D eigenvalue weighted by Gasteiger charge is 2.22. The Morgan fingerprint density at radius 3 is 2.70 bits per heavy atom. The van der Waals surface area contributed by atoms with Gasteiger partial charge in [0.25, 0.3) is 5.56 Å². The van der Waals surface area contributed by atoms with Crippen molar-refractivity contribution in [3.63, 3.8) is 0 Å². The maximum Gasteiger partial charge on any atom is 0.262 e. The molecule has 0 spiro atoms. The van der Waals surface area contributed by atoms with Crippen molar-refractivity contribution in [3.05, 3.63) is 64.4 Å². The van der Waals surface area contributed by atoms with Crippen LogP contribution in [0.1, 0.15) is 25.3 Å². The number of fused-ring (bicyclic) bond motifs is 1. The third-order valence-electron chi connectivity index (χ3n) is 6.48. The summed E-state index contributed by atoms with van der Waals surface area (Å²) in [4.78, 5) is 33.9. The summed E-state index contributed by atoms with van der Waals surface area (Å²) in [6.45, 7) is 6.58. The summed E-state index contributed by atoms with van der Waals surface area (Å²) in [5, 5.41) is 3.82. The van der Waals surface area contributed by atoms with Crippen LogP contribution in [0.5, 0.6) is 0 Å². The first kappa shape index (κ1) is 27.2. The molecular formula is C28H36N4O4S. The van der Waals surface area contributed by atoms with E-state index in [1.54, 1.807) is 11.7 Å². The fourth-order valence-electron chi connectivity index (χ4n) is 4.37. The Balaban J connectivity index is 1.65. The maximum atomic E-state index is 13.8. The minimum Gasteiger partial charge on any atom is -0.385 e. The summed E-state index contributed by atoms with van der Waals surface area (Å²) >= 11 is 1.37. The molecule has 4 rings (SSSR count). The average molecular weight is 525 g/mol.